The molecule has 0 unspecified atom stereocenters. The molecule has 1 aromatic heterocycles. The fourth-order valence-electron chi connectivity index (χ4n) is 1.92. The number of anilines is 1. The van der Waals surface area contributed by atoms with Gasteiger partial charge in [0.15, 0.2) is 11.1 Å². The van der Waals surface area contributed by atoms with Crippen molar-refractivity contribution in [2.75, 3.05) is 25.5 Å². The van der Waals surface area contributed by atoms with Crippen LogP contribution in [0.25, 0.3) is 0 Å². The Morgan fingerprint density at radius 3 is 2.59 bits per heavy atom. The lowest BCUT2D eigenvalue weighted by molar-refractivity contribution is 0.601. The minimum atomic E-state index is 0. The lowest BCUT2D eigenvalue weighted by atomic mass is 10.1. The molecule has 128 valence electrons. The molecule has 1 rings (SSSR count). The van der Waals surface area contributed by atoms with Gasteiger partial charge in [-0.2, -0.15) is 0 Å². The van der Waals surface area contributed by atoms with E-state index < -0.39 is 0 Å². The Labute approximate surface area is 155 Å². The highest BCUT2D eigenvalue weighted by Gasteiger charge is 2.02. The number of thiazole rings is 1. The molecule has 7 heteroatoms. The number of aliphatic imine (C=N–C) groups is 1. The van der Waals surface area contributed by atoms with Crippen molar-refractivity contribution in [3.8, 4) is 0 Å². The lowest BCUT2D eigenvalue weighted by Crippen LogP contribution is -2.32. The second-order valence-corrected chi connectivity index (χ2v) is 6.25. The number of rotatable bonds is 10. The molecule has 1 aromatic rings. The lowest BCUT2D eigenvalue weighted by Gasteiger charge is -2.06. The second-order valence-electron chi connectivity index (χ2n) is 5.41. The molecule has 0 aliphatic rings. The zero-order chi connectivity index (χ0) is 15.5. The van der Waals surface area contributed by atoms with E-state index in [1.165, 1.54) is 32.1 Å². The molecule has 0 atom stereocenters. The zero-order valence-corrected chi connectivity index (χ0v) is 17.1. The van der Waals surface area contributed by atoms with Crippen LogP contribution in [0.4, 0.5) is 5.13 Å². The zero-order valence-electron chi connectivity index (χ0n) is 14.0. The molecule has 0 fully saturated rings. The summed E-state index contributed by atoms with van der Waals surface area (Å²) in [5.74, 6) is 0.517. The van der Waals surface area contributed by atoms with Crippen LogP contribution in [0, 0.1) is 0 Å². The van der Waals surface area contributed by atoms with Gasteiger partial charge in [0.05, 0.1) is 12.2 Å². The Morgan fingerprint density at radius 1 is 1.27 bits per heavy atom. The van der Waals surface area contributed by atoms with Gasteiger partial charge < -0.3 is 16.0 Å². The highest BCUT2D eigenvalue weighted by Crippen LogP contribution is 2.18. The number of unbranched alkanes of at least 4 members (excludes halogenated alkanes) is 5. The third kappa shape index (κ3) is 9.45. The first-order valence-corrected chi connectivity index (χ1v) is 8.67. The molecule has 0 aromatic carbocycles. The van der Waals surface area contributed by atoms with Crippen molar-refractivity contribution < 1.29 is 0 Å². The molecule has 1 heterocycles. The first kappa shape index (κ1) is 21.4. The minimum Gasteiger partial charge on any atom is -0.370 e. The molecular weight excluding hydrogens is 409 g/mol. The number of nitrogens with two attached hydrogens (primary N) is 1. The molecule has 0 aliphatic heterocycles. The molecule has 0 saturated heterocycles. The van der Waals surface area contributed by atoms with E-state index in [1.54, 1.807) is 11.3 Å². The SMILES string of the molecule is CCCCCCCCNC(N)=NCc1csc(N(C)C)n1.I. The first-order chi connectivity index (χ1) is 10.1. The average Bonchev–Trinajstić information content (AvgIpc) is 2.93. The normalized spacial score (nSPS) is 11.1. The van der Waals surface area contributed by atoms with Crippen LogP contribution in [0.5, 0.6) is 0 Å². The second kappa shape index (κ2) is 12.9. The van der Waals surface area contributed by atoms with Gasteiger partial charge in [-0.3, -0.25) is 0 Å². The van der Waals surface area contributed by atoms with E-state index in [-0.39, 0.29) is 24.0 Å². The Hall–Kier alpha value is -0.570. The maximum atomic E-state index is 5.85. The van der Waals surface area contributed by atoms with Gasteiger partial charge in [0, 0.05) is 26.0 Å². The van der Waals surface area contributed by atoms with E-state index in [0.29, 0.717) is 12.5 Å². The van der Waals surface area contributed by atoms with Gasteiger partial charge in [-0.1, -0.05) is 39.0 Å². The highest BCUT2D eigenvalue weighted by atomic mass is 127. The standard InChI is InChI=1S/C15H29N5S.HI/c1-4-5-6-7-8-9-10-17-14(16)18-11-13-12-21-15(19-13)20(2)3;/h12H,4-11H2,1-3H3,(H3,16,17,18);1H. The van der Waals surface area contributed by atoms with Gasteiger partial charge in [-0.15, -0.1) is 35.3 Å². The number of aromatic nitrogens is 1. The fourth-order valence-corrected chi connectivity index (χ4v) is 2.67. The summed E-state index contributed by atoms with van der Waals surface area (Å²) in [5, 5.41) is 6.19. The van der Waals surface area contributed by atoms with Crippen LogP contribution in [-0.4, -0.2) is 31.6 Å². The highest BCUT2D eigenvalue weighted by molar-refractivity contribution is 14.0. The van der Waals surface area contributed by atoms with Crippen LogP contribution in [-0.2, 0) is 6.54 Å². The van der Waals surface area contributed by atoms with Gasteiger partial charge in [0.1, 0.15) is 0 Å². The Kier molecular flexibility index (Phi) is 12.6. The van der Waals surface area contributed by atoms with Crippen LogP contribution in [0.3, 0.4) is 0 Å². The first-order valence-electron chi connectivity index (χ1n) is 7.79. The van der Waals surface area contributed by atoms with Crippen LogP contribution in [0.15, 0.2) is 10.4 Å². The monoisotopic (exact) mass is 439 g/mol. The summed E-state index contributed by atoms with van der Waals surface area (Å²) in [4.78, 5) is 10.8. The molecular formula is C15H30IN5S. The molecule has 0 amide bonds. The van der Waals surface area contributed by atoms with Crippen LogP contribution >= 0.6 is 35.3 Å². The summed E-state index contributed by atoms with van der Waals surface area (Å²) >= 11 is 1.62. The summed E-state index contributed by atoms with van der Waals surface area (Å²) in [6, 6.07) is 0. The van der Waals surface area contributed by atoms with E-state index in [9.17, 15) is 0 Å². The molecule has 0 saturated carbocycles. The number of nitrogens with one attached hydrogen (secondary N) is 1. The Balaban J connectivity index is 0.00000441. The summed E-state index contributed by atoms with van der Waals surface area (Å²) in [7, 11) is 3.98. The predicted octanol–water partition coefficient (Wildman–Crippen LogP) is 3.59. The molecule has 22 heavy (non-hydrogen) atoms. The van der Waals surface area contributed by atoms with Crippen LogP contribution in [0.1, 0.15) is 51.1 Å². The predicted molar refractivity (Wildman–Crippen MR) is 109 cm³/mol. The van der Waals surface area contributed by atoms with E-state index in [1.807, 2.05) is 24.4 Å². The number of nitrogens with zero attached hydrogens (tertiary/aromatic N) is 3. The summed E-state index contributed by atoms with van der Waals surface area (Å²) < 4.78 is 0. The van der Waals surface area contributed by atoms with Crippen molar-refractivity contribution in [3.63, 3.8) is 0 Å². The maximum absolute atomic E-state index is 5.85. The van der Waals surface area contributed by atoms with E-state index in [0.717, 1.165) is 23.8 Å². The van der Waals surface area contributed by atoms with Gasteiger partial charge in [-0.25, -0.2) is 9.98 Å². The summed E-state index contributed by atoms with van der Waals surface area (Å²) in [6.07, 6.45) is 7.72. The van der Waals surface area contributed by atoms with Crippen LogP contribution in [0.2, 0.25) is 0 Å². The summed E-state index contributed by atoms with van der Waals surface area (Å²) in [5.41, 5.74) is 6.82. The van der Waals surface area contributed by atoms with Crippen molar-refractivity contribution in [1.29, 1.82) is 0 Å². The third-order valence-corrected chi connectivity index (χ3v) is 4.23. The maximum Gasteiger partial charge on any atom is 0.188 e. The van der Waals surface area contributed by atoms with Crippen molar-refractivity contribution >= 4 is 46.4 Å². The quantitative estimate of drug-likeness (QED) is 0.253. The summed E-state index contributed by atoms with van der Waals surface area (Å²) in [6.45, 7) is 3.68. The molecule has 5 nitrogen and oxygen atoms in total. The topological polar surface area (TPSA) is 66.5 Å². The molecule has 0 aliphatic carbocycles. The van der Waals surface area contributed by atoms with E-state index in [4.69, 9.17) is 5.73 Å². The van der Waals surface area contributed by atoms with Crippen molar-refractivity contribution in [2.45, 2.75) is 52.0 Å². The van der Waals surface area contributed by atoms with E-state index >= 15 is 0 Å². The Bertz CT molecular complexity index is 420. The van der Waals surface area contributed by atoms with Gasteiger partial charge >= 0.3 is 0 Å². The number of halogens is 1. The molecule has 0 radical (unpaired) electrons. The molecule has 3 N–H and O–H groups in total. The smallest absolute Gasteiger partial charge is 0.188 e. The number of guanidine groups is 1. The van der Waals surface area contributed by atoms with Gasteiger partial charge in [-0.05, 0) is 6.42 Å². The number of hydrogen-bond donors (Lipinski definition) is 2. The third-order valence-electron chi connectivity index (χ3n) is 3.17. The van der Waals surface area contributed by atoms with Crippen molar-refractivity contribution in [2.24, 2.45) is 10.7 Å². The largest absolute Gasteiger partial charge is 0.370 e. The fraction of sp³-hybridized carbons (Fsp3) is 0.733. The average molecular weight is 439 g/mol. The number of hydrogen-bond acceptors (Lipinski definition) is 4. The molecule has 0 spiro atoms. The van der Waals surface area contributed by atoms with Crippen molar-refractivity contribution in [1.82, 2.24) is 10.3 Å². The van der Waals surface area contributed by atoms with E-state index in [2.05, 4.69) is 22.2 Å². The van der Waals surface area contributed by atoms with Gasteiger partial charge in [0.25, 0.3) is 0 Å². The van der Waals surface area contributed by atoms with Crippen molar-refractivity contribution in [3.05, 3.63) is 11.1 Å². The van der Waals surface area contributed by atoms with Gasteiger partial charge in [0.2, 0.25) is 0 Å². The molecule has 0 bridgehead atoms. The minimum absolute atomic E-state index is 0. The Morgan fingerprint density at radius 2 is 1.95 bits per heavy atom. The van der Waals surface area contributed by atoms with Crippen LogP contribution < -0.4 is 16.0 Å².